The Bertz CT molecular complexity index is 450. The van der Waals surface area contributed by atoms with Crippen molar-refractivity contribution < 1.29 is 9.18 Å². The molecule has 1 fully saturated rings. The minimum absolute atomic E-state index is 0.0112. The van der Waals surface area contributed by atoms with Crippen molar-refractivity contribution in [3.63, 3.8) is 0 Å². The summed E-state index contributed by atoms with van der Waals surface area (Å²) in [4.78, 5) is 14.8. The number of halogens is 2. The number of rotatable bonds is 3. The van der Waals surface area contributed by atoms with E-state index in [9.17, 15) is 9.18 Å². The number of carbonyl (C=O) groups excluding carboxylic acids is 1. The van der Waals surface area contributed by atoms with Crippen LogP contribution in [0.5, 0.6) is 0 Å². The molecular formula is C13H18ClFN2OS. The van der Waals surface area contributed by atoms with Gasteiger partial charge in [-0.1, -0.05) is 11.6 Å². The molecule has 3 nitrogen and oxygen atoms in total. The lowest BCUT2D eigenvalue weighted by atomic mass is 10.1. The van der Waals surface area contributed by atoms with Crippen LogP contribution in [0.25, 0.3) is 0 Å². The Hall–Kier alpha value is -0.650. The van der Waals surface area contributed by atoms with E-state index in [1.807, 2.05) is 11.4 Å². The lowest BCUT2D eigenvalue weighted by Crippen LogP contribution is -2.42. The zero-order valence-electron chi connectivity index (χ0n) is 10.9. The fourth-order valence-electron chi connectivity index (χ4n) is 2.18. The van der Waals surface area contributed by atoms with Crippen LogP contribution >= 0.6 is 22.9 Å². The first-order valence-electron chi connectivity index (χ1n) is 6.37. The molecule has 1 unspecified atom stereocenters. The average molecular weight is 305 g/mol. The first-order valence-corrected chi connectivity index (χ1v) is 7.62. The number of thiophene rings is 1. The van der Waals surface area contributed by atoms with E-state index in [2.05, 4.69) is 5.32 Å². The molecule has 1 saturated heterocycles. The van der Waals surface area contributed by atoms with Gasteiger partial charge in [-0.15, -0.1) is 11.3 Å². The second-order valence-corrected chi connectivity index (χ2v) is 6.57. The van der Waals surface area contributed by atoms with E-state index in [0.717, 1.165) is 4.88 Å². The third-order valence-electron chi connectivity index (χ3n) is 3.13. The molecule has 1 aromatic heterocycles. The zero-order valence-corrected chi connectivity index (χ0v) is 12.5. The predicted molar refractivity (Wildman–Crippen MR) is 76.6 cm³/mol. The lowest BCUT2D eigenvalue weighted by Gasteiger charge is -2.26. The van der Waals surface area contributed by atoms with Crippen LogP contribution in [0, 0.1) is 0 Å². The highest BCUT2D eigenvalue weighted by molar-refractivity contribution is 7.10. The molecule has 106 valence electrons. The van der Waals surface area contributed by atoms with Crippen LogP contribution in [0.4, 0.5) is 4.39 Å². The summed E-state index contributed by atoms with van der Waals surface area (Å²) in [6.07, 6.45) is 1.08. The summed E-state index contributed by atoms with van der Waals surface area (Å²) in [5.41, 5.74) is -1.35. The maximum atomic E-state index is 14.0. The number of nitrogens with zero attached hydrogens (tertiary/aromatic N) is 1. The number of carbonyl (C=O) groups is 1. The van der Waals surface area contributed by atoms with Gasteiger partial charge < -0.3 is 10.2 Å². The van der Waals surface area contributed by atoms with Gasteiger partial charge in [-0.05, 0) is 19.4 Å². The van der Waals surface area contributed by atoms with Gasteiger partial charge in [0.2, 0.25) is 5.91 Å². The van der Waals surface area contributed by atoms with Gasteiger partial charge in [0.05, 0.1) is 11.6 Å². The fourth-order valence-corrected chi connectivity index (χ4v) is 3.26. The van der Waals surface area contributed by atoms with Gasteiger partial charge in [-0.2, -0.15) is 0 Å². The molecule has 0 bridgehead atoms. The molecule has 1 aliphatic heterocycles. The minimum Gasteiger partial charge on any atom is -0.338 e. The molecule has 1 aromatic rings. The number of aryl methyl sites for hydroxylation is 1. The van der Waals surface area contributed by atoms with Crippen LogP contribution in [-0.2, 0) is 11.2 Å². The lowest BCUT2D eigenvalue weighted by molar-refractivity contribution is -0.132. The summed E-state index contributed by atoms with van der Waals surface area (Å²) in [6, 6.07) is 1.88. The Kier molecular flexibility index (Phi) is 4.81. The smallest absolute Gasteiger partial charge is 0.223 e. The highest BCUT2D eigenvalue weighted by Crippen LogP contribution is 2.21. The van der Waals surface area contributed by atoms with Crippen molar-refractivity contribution in [3.8, 4) is 0 Å². The molecule has 19 heavy (non-hydrogen) atoms. The largest absolute Gasteiger partial charge is 0.338 e. The Morgan fingerprint density at radius 3 is 3.16 bits per heavy atom. The van der Waals surface area contributed by atoms with Crippen molar-refractivity contribution in [2.24, 2.45) is 0 Å². The van der Waals surface area contributed by atoms with Crippen LogP contribution in [-0.4, -0.2) is 42.7 Å². The van der Waals surface area contributed by atoms with Crippen molar-refractivity contribution in [2.45, 2.75) is 25.4 Å². The Balaban J connectivity index is 1.88. The van der Waals surface area contributed by atoms with E-state index in [0.29, 0.717) is 37.5 Å². The van der Waals surface area contributed by atoms with Gasteiger partial charge in [0.25, 0.3) is 0 Å². The second kappa shape index (κ2) is 6.20. The number of hydrogen-bond donors (Lipinski definition) is 1. The van der Waals surface area contributed by atoms with E-state index < -0.39 is 5.67 Å². The van der Waals surface area contributed by atoms with Gasteiger partial charge in [0.15, 0.2) is 0 Å². The molecule has 0 aromatic carbocycles. The first-order chi connectivity index (χ1) is 8.96. The molecule has 0 radical (unpaired) electrons. The number of nitrogens with one attached hydrogen (secondary N) is 1. The Labute approximate surface area is 121 Å². The third-order valence-corrected chi connectivity index (χ3v) is 4.48. The maximum absolute atomic E-state index is 14.0. The summed E-state index contributed by atoms with van der Waals surface area (Å²) in [5, 5.41) is 5.58. The molecule has 0 aliphatic carbocycles. The monoisotopic (exact) mass is 304 g/mol. The summed E-state index contributed by atoms with van der Waals surface area (Å²) in [5.74, 6) is 0.0112. The van der Waals surface area contributed by atoms with Gasteiger partial charge in [-0.25, -0.2) is 4.39 Å². The maximum Gasteiger partial charge on any atom is 0.223 e. The van der Waals surface area contributed by atoms with Crippen LogP contribution in [0.3, 0.4) is 0 Å². The second-order valence-electron chi connectivity index (χ2n) is 5.14. The average Bonchev–Trinajstić information content (AvgIpc) is 2.66. The minimum atomic E-state index is -1.35. The normalized spacial score (nSPS) is 24.3. The molecule has 0 spiro atoms. The number of hydrogen-bond acceptors (Lipinski definition) is 3. The van der Waals surface area contributed by atoms with Gasteiger partial charge in [-0.3, -0.25) is 4.79 Å². The first kappa shape index (κ1) is 14.8. The summed E-state index contributed by atoms with van der Waals surface area (Å²) >= 11 is 7.39. The Morgan fingerprint density at radius 2 is 2.47 bits per heavy atom. The fraction of sp³-hybridized carbons (Fsp3) is 0.615. The van der Waals surface area contributed by atoms with Crippen LogP contribution < -0.4 is 5.32 Å². The quantitative estimate of drug-likeness (QED) is 0.930. The summed E-state index contributed by atoms with van der Waals surface area (Å²) < 4.78 is 14.0. The predicted octanol–water partition coefficient (Wildman–Crippen LogP) is 2.49. The molecule has 1 atom stereocenters. The molecule has 2 heterocycles. The van der Waals surface area contributed by atoms with E-state index in [1.54, 1.807) is 16.2 Å². The van der Waals surface area contributed by atoms with Crippen molar-refractivity contribution in [1.82, 2.24) is 10.2 Å². The highest BCUT2D eigenvalue weighted by Gasteiger charge is 2.30. The number of alkyl halides is 1. The van der Waals surface area contributed by atoms with E-state index >= 15 is 0 Å². The van der Waals surface area contributed by atoms with Gasteiger partial charge in [0, 0.05) is 36.3 Å². The van der Waals surface area contributed by atoms with Gasteiger partial charge in [0.1, 0.15) is 5.67 Å². The Morgan fingerprint density at radius 1 is 1.68 bits per heavy atom. The van der Waals surface area contributed by atoms with Crippen molar-refractivity contribution in [2.75, 3.05) is 26.2 Å². The van der Waals surface area contributed by atoms with Crippen LogP contribution in [0.1, 0.15) is 18.2 Å². The summed E-state index contributed by atoms with van der Waals surface area (Å²) in [6.45, 7) is 3.23. The topological polar surface area (TPSA) is 32.3 Å². The van der Waals surface area contributed by atoms with Crippen LogP contribution in [0.15, 0.2) is 11.4 Å². The number of amides is 1. The van der Waals surface area contributed by atoms with Crippen molar-refractivity contribution in [3.05, 3.63) is 21.3 Å². The highest BCUT2D eigenvalue weighted by atomic mass is 35.5. The molecule has 0 saturated carbocycles. The van der Waals surface area contributed by atoms with E-state index in [1.165, 1.54) is 6.92 Å². The summed E-state index contributed by atoms with van der Waals surface area (Å²) in [7, 11) is 0. The molecule has 1 N–H and O–H groups in total. The van der Waals surface area contributed by atoms with E-state index in [-0.39, 0.29) is 12.5 Å². The molecule has 6 heteroatoms. The standard InChI is InChI=1S/C13H18ClFN2OS/c1-13(15)8-16-4-5-17(9-13)12(18)3-2-11-6-10(14)7-19-11/h6-7,16H,2-5,8-9H2,1H3. The zero-order chi connectivity index (χ0) is 13.9. The van der Waals surface area contributed by atoms with Crippen molar-refractivity contribution in [1.29, 1.82) is 0 Å². The van der Waals surface area contributed by atoms with Crippen LogP contribution in [0.2, 0.25) is 5.02 Å². The SMILES string of the molecule is CC1(F)CNCCN(C(=O)CCc2cc(Cl)cs2)C1. The van der Waals surface area contributed by atoms with Crippen molar-refractivity contribution >= 4 is 28.8 Å². The third kappa shape index (κ3) is 4.44. The van der Waals surface area contributed by atoms with E-state index in [4.69, 9.17) is 11.6 Å². The molecular weight excluding hydrogens is 287 g/mol. The molecule has 1 amide bonds. The van der Waals surface area contributed by atoms with Gasteiger partial charge >= 0.3 is 0 Å². The molecule has 1 aliphatic rings. The molecule has 2 rings (SSSR count).